The number of carbonyl (C=O) groups excluding carboxylic acids is 1. The van der Waals surface area contributed by atoms with Gasteiger partial charge in [0.1, 0.15) is 5.56 Å². The molecule has 0 fully saturated rings. The first-order valence-electron chi connectivity index (χ1n) is 6.48. The Morgan fingerprint density at radius 1 is 1.52 bits per heavy atom. The predicted octanol–water partition coefficient (Wildman–Crippen LogP) is 1.28. The number of nitrogens with zero attached hydrogens (tertiary/aromatic N) is 2. The minimum Gasteiger partial charge on any atom is -0.348 e. The summed E-state index contributed by atoms with van der Waals surface area (Å²) in [4.78, 5) is 29.0. The van der Waals surface area contributed by atoms with Crippen molar-refractivity contribution in [1.82, 2.24) is 14.7 Å². The van der Waals surface area contributed by atoms with Crippen molar-refractivity contribution in [2.45, 2.75) is 26.3 Å². The first-order chi connectivity index (χ1) is 9.52. The third-order valence-electron chi connectivity index (χ3n) is 2.96. The topological polar surface area (TPSA) is 89.5 Å². The van der Waals surface area contributed by atoms with Gasteiger partial charge in [-0.1, -0.05) is 13.8 Å². The highest BCUT2D eigenvalue weighted by Gasteiger charge is 2.17. The summed E-state index contributed by atoms with van der Waals surface area (Å²) in [5, 5.41) is 4.55. The van der Waals surface area contributed by atoms with E-state index in [0.29, 0.717) is 17.4 Å². The number of amides is 1. The van der Waals surface area contributed by atoms with Gasteiger partial charge in [0.25, 0.3) is 11.5 Å². The van der Waals surface area contributed by atoms with E-state index in [1.807, 2.05) is 0 Å². The molecule has 0 aromatic carbocycles. The quantitative estimate of drug-likeness (QED) is 0.864. The molecule has 0 aliphatic rings. The van der Waals surface area contributed by atoms with E-state index in [1.54, 1.807) is 11.6 Å². The molecular formula is C13H19ClN4O2S. The fourth-order valence-corrected chi connectivity index (χ4v) is 2.70. The van der Waals surface area contributed by atoms with Gasteiger partial charge in [-0.25, -0.2) is 4.98 Å². The van der Waals surface area contributed by atoms with Gasteiger partial charge in [-0.2, -0.15) is 0 Å². The largest absolute Gasteiger partial charge is 0.348 e. The number of hydrogen-bond donors (Lipinski definition) is 2. The average molecular weight is 331 g/mol. The molecule has 8 heteroatoms. The van der Waals surface area contributed by atoms with Crippen molar-refractivity contribution in [3.05, 3.63) is 33.7 Å². The van der Waals surface area contributed by atoms with Gasteiger partial charge in [0.2, 0.25) is 0 Å². The van der Waals surface area contributed by atoms with Crippen molar-refractivity contribution in [3.8, 4) is 0 Å². The highest BCUT2D eigenvalue weighted by Crippen LogP contribution is 2.07. The molecule has 2 aromatic heterocycles. The van der Waals surface area contributed by atoms with E-state index in [0.717, 1.165) is 6.42 Å². The van der Waals surface area contributed by atoms with E-state index in [2.05, 4.69) is 24.1 Å². The van der Waals surface area contributed by atoms with Gasteiger partial charge in [0, 0.05) is 30.4 Å². The minimum absolute atomic E-state index is 0. The lowest BCUT2D eigenvalue weighted by atomic mass is 10.0. The molecule has 6 nitrogen and oxygen atoms in total. The summed E-state index contributed by atoms with van der Waals surface area (Å²) in [6.45, 7) is 4.46. The molecule has 116 valence electrons. The number of carbonyl (C=O) groups is 1. The van der Waals surface area contributed by atoms with Crippen LogP contribution >= 0.6 is 23.7 Å². The second-order valence-electron chi connectivity index (χ2n) is 5.07. The number of hydrogen-bond acceptors (Lipinski definition) is 5. The highest BCUT2D eigenvalue weighted by atomic mass is 35.5. The van der Waals surface area contributed by atoms with Crippen LogP contribution in [0.15, 0.2) is 22.6 Å². The van der Waals surface area contributed by atoms with Gasteiger partial charge < -0.3 is 11.1 Å². The van der Waals surface area contributed by atoms with E-state index in [1.165, 1.54) is 21.9 Å². The van der Waals surface area contributed by atoms with E-state index >= 15 is 0 Å². The van der Waals surface area contributed by atoms with Gasteiger partial charge >= 0.3 is 0 Å². The maximum absolute atomic E-state index is 12.2. The van der Waals surface area contributed by atoms with Crippen LogP contribution in [-0.4, -0.2) is 27.9 Å². The molecule has 1 amide bonds. The predicted molar refractivity (Wildman–Crippen MR) is 86.4 cm³/mol. The van der Waals surface area contributed by atoms with Crippen LogP contribution in [-0.2, 0) is 0 Å². The zero-order chi connectivity index (χ0) is 14.7. The number of thiazole rings is 1. The lowest BCUT2D eigenvalue weighted by molar-refractivity contribution is 0.0931. The smallest absolute Gasteiger partial charge is 0.271 e. The summed E-state index contributed by atoms with van der Waals surface area (Å²) in [5.41, 5.74) is 5.34. The molecule has 2 rings (SSSR count). The van der Waals surface area contributed by atoms with Gasteiger partial charge in [-0.3, -0.25) is 14.0 Å². The van der Waals surface area contributed by atoms with Gasteiger partial charge in [-0.05, 0) is 12.3 Å². The van der Waals surface area contributed by atoms with E-state index in [4.69, 9.17) is 5.73 Å². The molecule has 0 radical (unpaired) electrons. The van der Waals surface area contributed by atoms with Crippen molar-refractivity contribution in [3.63, 3.8) is 0 Å². The van der Waals surface area contributed by atoms with Gasteiger partial charge in [0.15, 0.2) is 4.96 Å². The molecular weight excluding hydrogens is 312 g/mol. The third kappa shape index (κ3) is 4.03. The lowest BCUT2D eigenvalue weighted by Gasteiger charge is -2.18. The molecule has 0 spiro atoms. The van der Waals surface area contributed by atoms with Gasteiger partial charge in [-0.15, -0.1) is 23.7 Å². The number of halogens is 1. The summed E-state index contributed by atoms with van der Waals surface area (Å²) in [6.07, 6.45) is 3.71. The van der Waals surface area contributed by atoms with Crippen molar-refractivity contribution in [1.29, 1.82) is 0 Å². The van der Waals surface area contributed by atoms with E-state index in [-0.39, 0.29) is 29.6 Å². The van der Waals surface area contributed by atoms with Crippen LogP contribution in [0.3, 0.4) is 0 Å². The Kier molecular flexibility index (Phi) is 6.32. The highest BCUT2D eigenvalue weighted by molar-refractivity contribution is 7.15. The first kappa shape index (κ1) is 17.6. The molecule has 0 bridgehead atoms. The Balaban J connectivity index is 0.00000220. The van der Waals surface area contributed by atoms with Crippen LogP contribution in [0.1, 0.15) is 30.6 Å². The number of rotatable bonds is 5. The number of nitrogens with two attached hydrogens (primary N) is 1. The Hall–Kier alpha value is -1.44. The van der Waals surface area contributed by atoms with Crippen LogP contribution in [0.4, 0.5) is 0 Å². The van der Waals surface area contributed by atoms with E-state index in [9.17, 15) is 9.59 Å². The molecule has 0 aliphatic heterocycles. The second kappa shape index (κ2) is 7.53. The fraction of sp³-hybridized carbons (Fsp3) is 0.462. The lowest BCUT2D eigenvalue weighted by Crippen LogP contribution is -2.43. The summed E-state index contributed by atoms with van der Waals surface area (Å²) in [7, 11) is 0. The molecule has 2 heterocycles. The zero-order valence-corrected chi connectivity index (χ0v) is 13.5. The number of fused-ring (bicyclic) bond motifs is 1. The Morgan fingerprint density at radius 3 is 2.86 bits per heavy atom. The standard InChI is InChI=1S/C13H18N4O2S.ClH/c1-8(2)5-9(6-14)16-11(18)10-7-15-13-17(12(10)19)3-4-20-13;/h3-4,7-9H,5-6,14H2,1-2H3,(H,16,18);1H. The second-order valence-corrected chi connectivity index (χ2v) is 5.94. The molecule has 1 unspecified atom stereocenters. The fourth-order valence-electron chi connectivity index (χ4n) is 2.03. The van der Waals surface area contributed by atoms with Crippen LogP contribution in [0.25, 0.3) is 4.96 Å². The van der Waals surface area contributed by atoms with Crippen LogP contribution in [0, 0.1) is 5.92 Å². The summed E-state index contributed by atoms with van der Waals surface area (Å²) < 4.78 is 1.37. The Labute approximate surface area is 132 Å². The molecule has 0 saturated heterocycles. The molecule has 2 aromatic rings. The molecule has 21 heavy (non-hydrogen) atoms. The number of nitrogens with one attached hydrogen (secondary N) is 1. The first-order valence-corrected chi connectivity index (χ1v) is 7.36. The minimum atomic E-state index is -0.417. The normalized spacial score (nSPS) is 12.2. The van der Waals surface area contributed by atoms with Crippen LogP contribution in [0.2, 0.25) is 0 Å². The van der Waals surface area contributed by atoms with Crippen LogP contribution < -0.4 is 16.6 Å². The molecule has 0 aliphatic carbocycles. The molecule has 3 N–H and O–H groups in total. The van der Waals surface area contributed by atoms with Crippen molar-refractivity contribution < 1.29 is 4.79 Å². The summed E-state index contributed by atoms with van der Waals surface area (Å²) >= 11 is 1.35. The van der Waals surface area contributed by atoms with Crippen molar-refractivity contribution in [2.24, 2.45) is 11.7 Å². The van der Waals surface area contributed by atoms with Crippen molar-refractivity contribution in [2.75, 3.05) is 6.54 Å². The zero-order valence-electron chi connectivity index (χ0n) is 11.9. The van der Waals surface area contributed by atoms with Gasteiger partial charge in [0.05, 0.1) is 0 Å². The Bertz CT molecular complexity index is 667. The summed E-state index contributed by atoms with van der Waals surface area (Å²) in [5.74, 6) is 0.00151. The summed E-state index contributed by atoms with van der Waals surface area (Å²) in [6, 6.07) is -0.134. The monoisotopic (exact) mass is 330 g/mol. The SMILES string of the molecule is CC(C)CC(CN)NC(=O)c1cnc2sccn2c1=O.Cl. The number of aromatic nitrogens is 2. The molecule has 1 atom stereocenters. The maximum Gasteiger partial charge on any atom is 0.271 e. The third-order valence-corrected chi connectivity index (χ3v) is 3.73. The van der Waals surface area contributed by atoms with Crippen molar-refractivity contribution >= 4 is 34.6 Å². The van der Waals surface area contributed by atoms with Crippen LogP contribution in [0.5, 0.6) is 0 Å². The average Bonchev–Trinajstić information content (AvgIpc) is 2.86. The molecule has 0 saturated carbocycles. The maximum atomic E-state index is 12.2. The Morgan fingerprint density at radius 2 is 2.24 bits per heavy atom. The van der Waals surface area contributed by atoms with E-state index < -0.39 is 5.91 Å².